The Morgan fingerprint density at radius 1 is 0.879 bits per heavy atom. The van der Waals surface area contributed by atoms with Crippen LogP contribution < -0.4 is 10.2 Å². The van der Waals surface area contributed by atoms with E-state index in [2.05, 4.69) is 5.32 Å². The fraction of sp³-hybridized carbons (Fsp3) is 0.429. The van der Waals surface area contributed by atoms with E-state index < -0.39 is 0 Å². The molecule has 3 aromatic rings. The summed E-state index contributed by atoms with van der Waals surface area (Å²) in [6.45, 7) is 0. The van der Waals surface area contributed by atoms with Crippen LogP contribution in [-0.4, -0.2) is 23.1 Å². The first-order valence-electron chi connectivity index (χ1n) is 12.4. The molecule has 2 saturated carbocycles. The summed E-state index contributed by atoms with van der Waals surface area (Å²) in [4.78, 5) is 20.6. The predicted molar refractivity (Wildman–Crippen MR) is 132 cm³/mol. The lowest BCUT2D eigenvalue weighted by Gasteiger charge is -2.36. The molecule has 172 valence electrons. The number of hydrogen-bond acceptors (Lipinski definition) is 2. The van der Waals surface area contributed by atoms with E-state index in [1.165, 1.54) is 25.0 Å². The van der Waals surface area contributed by atoms with Crippen LogP contribution in [0.2, 0.25) is 0 Å². The van der Waals surface area contributed by atoms with Gasteiger partial charge in [-0.25, -0.2) is 14.2 Å². The first kappa shape index (κ1) is 21.9. The Labute approximate surface area is 195 Å². The molecule has 2 fully saturated rings. The summed E-state index contributed by atoms with van der Waals surface area (Å²) in [6.07, 6.45) is 10.9. The van der Waals surface area contributed by atoms with E-state index in [0.717, 1.165) is 68.0 Å². The second kappa shape index (κ2) is 9.90. The van der Waals surface area contributed by atoms with Gasteiger partial charge >= 0.3 is 6.03 Å². The van der Waals surface area contributed by atoms with Crippen LogP contribution >= 0.6 is 0 Å². The Morgan fingerprint density at radius 3 is 2.30 bits per heavy atom. The molecule has 0 spiro atoms. The molecule has 0 radical (unpaired) electrons. The molecule has 1 N–H and O–H groups in total. The number of nitrogens with one attached hydrogen (secondary N) is 1. The number of halogens is 1. The molecule has 2 aliphatic rings. The molecule has 0 bridgehead atoms. The van der Waals surface area contributed by atoms with Gasteiger partial charge in [-0.05, 0) is 49.3 Å². The van der Waals surface area contributed by atoms with E-state index in [9.17, 15) is 9.18 Å². The maximum absolute atomic E-state index is 14.4. The number of hydrogen-bond donors (Lipinski definition) is 1. The quantitative estimate of drug-likeness (QED) is 0.461. The number of carbonyl (C=O) groups is 1. The van der Waals surface area contributed by atoms with Crippen LogP contribution in [0.4, 0.5) is 15.0 Å². The fourth-order valence-corrected chi connectivity index (χ4v) is 5.41. The van der Waals surface area contributed by atoms with Crippen molar-refractivity contribution >= 4 is 22.6 Å². The maximum Gasteiger partial charge on any atom is 0.323 e. The van der Waals surface area contributed by atoms with Crippen LogP contribution in [0.15, 0.2) is 54.6 Å². The minimum atomic E-state index is -0.311. The number of benzene rings is 2. The van der Waals surface area contributed by atoms with Crippen molar-refractivity contribution in [2.75, 3.05) is 4.90 Å². The first-order valence-corrected chi connectivity index (χ1v) is 12.4. The standard InChI is InChI=1S/C28H32FN3O/c29-22-17-16-21-18-26(20-10-4-1-5-11-20)31-27(25(21)19-22)32(24-14-8-3-9-15-24)28(33)30-23-12-6-2-7-13-23/h1,4-5,10-11,16-19,23-24H,2-3,6-9,12-15H2,(H,30,33). The number of urea groups is 1. The number of nitrogens with zero attached hydrogens (tertiary/aromatic N) is 2. The summed E-state index contributed by atoms with van der Waals surface area (Å²) in [7, 11) is 0. The molecular formula is C28H32FN3O. The largest absolute Gasteiger partial charge is 0.335 e. The summed E-state index contributed by atoms with van der Waals surface area (Å²) >= 11 is 0. The Balaban J connectivity index is 1.61. The fourth-order valence-electron chi connectivity index (χ4n) is 5.41. The van der Waals surface area contributed by atoms with Crippen molar-refractivity contribution in [2.24, 2.45) is 0 Å². The van der Waals surface area contributed by atoms with Crippen LogP contribution in [0.25, 0.3) is 22.0 Å². The van der Waals surface area contributed by atoms with Crippen LogP contribution in [-0.2, 0) is 0 Å². The molecule has 2 aromatic carbocycles. The monoisotopic (exact) mass is 445 g/mol. The summed E-state index contributed by atoms with van der Waals surface area (Å²) in [6, 6.07) is 17.0. The lowest BCUT2D eigenvalue weighted by Crippen LogP contribution is -2.51. The van der Waals surface area contributed by atoms with E-state index >= 15 is 0 Å². The highest BCUT2D eigenvalue weighted by atomic mass is 19.1. The Morgan fingerprint density at radius 2 is 1.58 bits per heavy atom. The summed E-state index contributed by atoms with van der Waals surface area (Å²) < 4.78 is 14.4. The second-order valence-corrected chi connectivity index (χ2v) is 9.51. The van der Waals surface area contributed by atoms with Gasteiger partial charge in [0.25, 0.3) is 0 Å². The topological polar surface area (TPSA) is 45.2 Å². The van der Waals surface area contributed by atoms with Gasteiger partial charge in [-0.3, -0.25) is 4.90 Å². The highest BCUT2D eigenvalue weighted by molar-refractivity contribution is 6.03. The molecule has 1 heterocycles. The molecule has 0 unspecified atom stereocenters. The molecule has 1 aromatic heterocycles. The number of fused-ring (bicyclic) bond motifs is 1. The summed E-state index contributed by atoms with van der Waals surface area (Å²) in [5.41, 5.74) is 1.79. The average molecular weight is 446 g/mol. The van der Waals surface area contributed by atoms with Gasteiger partial charge in [-0.1, -0.05) is 74.9 Å². The van der Waals surface area contributed by atoms with Gasteiger partial charge in [0.05, 0.1) is 5.69 Å². The minimum absolute atomic E-state index is 0.0762. The number of anilines is 1. The molecular weight excluding hydrogens is 413 g/mol. The zero-order valence-electron chi connectivity index (χ0n) is 19.1. The number of pyridine rings is 1. The van der Waals surface area contributed by atoms with Crippen LogP contribution in [0.1, 0.15) is 64.2 Å². The maximum atomic E-state index is 14.4. The van der Waals surface area contributed by atoms with E-state index in [1.54, 1.807) is 6.07 Å². The zero-order valence-corrected chi connectivity index (χ0v) is 19.1. The van der Waals surface area contributed by atoms with Crippen molar-refractivity contribution in [3.05, 3.63) is 60.4 Å². The summed E-state index contributed by atoms with van der Waals surface area (Å²) in [5, 5.41) is 4.90. The molecule has 2 amide bonds. The van der Waals surface area contributed by atoms with Crippen molar-refractivity contribution in [2.45, 2.75) is 76.3 Å². The van der Waals surface area contributed by atoms with Crippen molar-refractivity contribution in [3.8, 4) is 11.3 Å². The average Bonchev–Trinajstić information content (AvgIpc) is 2.86. The normalized spacial score (nSPS) is 17.7. The predicted octanol–water partition coefficient (Wildman–Crippen LogP) is 7.22. The zero-order chi connectivity index (χ0) is 22.6. The molecule has 0 atom stereocenters. The van der Waals surface area contributed by atoms with E-state index in [0.29, 0.717) is 11.2 Å². The molecule has 33 heavy (non-hydrogen) atoms. The third kappa shape index (κ3) is 4.87. The van der Waals surface area contributed by atoms with Gasteiger partial charge in [0, 0.05) is 23.0 Å². The van der Waals surface area contributed by atoms with E-state index in [4.69, 9.17) is 4.98 Å². The second-order valence-electron chi connectivity index (χ2n) is 9.51. The Hall–Kier alpha value is -2.95. The molecule has 0 saturated heterocycles. The molecule has 0 aliphatic heterocycles. The number of amides is 2. The lowest BCUT2D eigenvalue weighted by atomic mass is 9.93. The number of carbonyl (C=O) groups excluding carboxylic acids is 1. The van der Waals surface area contributed by atoms with Gasteiger partial charge in [-0.15, -0.1) is 0 Å². The third-order valence-electron chi connectivity index (χ3n) is 7.16. The van der Waals surface area contributed by atoms with E-state index in [-0.39, 0.29) is 23.9 Å². The smallest absolute Gasteiger partial charge is 0.323 e. The molecule has 5 rings (SSSR count). The van der Waals surface area contributed by atoms with Gasteiger partial charge in [0.1, 0.15) is 11.6 Å². The van der Waals surface area contributed by atoms with Gasteiger partial charge in [-0.2, -0.15) is 0 Å². The van der Waals surface area contributed by atoms with Crippen molar-refractivity contribution in [1.29, 1.82) is 0 Å². The Kier molecular flexibility index (Phi) is 6.56. The molecule has 4 nitrogen and oxygen atoms in total. The SMILES string of the molecule is O=C(NC1CCCCC1)N(c1nc(-c2ccccc2)cc2ccc(F)cc12)C1CCCCC1. The van der Waals surface area contributed by atoms with E-state index in [1.807, 2.05) is 41.3 Å². The van der Waals surface area contributed by atoms with Crippen LogP contribution in [0.5, 0.6) is 0 Å². The minimum Gasteiger partial charge on any atom is -0.335 e. The Bertz CT molecular complexity index is 1100. The first-order chi connectivity index (χ1) is 16.2. The lowest BCUT2D eigenvalue weighted by molar-refractivity contribution is 0.233. The van der Waals surface area contributed by atoms with Crippen molar-refractivity contribution < 1.29 is 9.18 Å². The van der Waals surface area contributed by atoms with Crippen LogP contribution in [0.3, 0.4) is 0 Å². The van der Waals surface area contributed by atoms with Crippen LogP contribution in [0, 0.1) is 5.82 Å². The van der Waals surface area contributed by atoms with Gasteiger partial charge in [0.15, 0.2) is 0 Å². The third-order valence-corrected chi connectivity index (χ3v) is 7.16. The highest BCUT2D eigenvalue weighted by Gasteiger charge is 2.31. The highest BCUT2D eigenvalue weighted by Crippen LogP contribution is 2.35. The molecule has 5 heteroatoms. The molecule has 2 aliphatic carbocycles. The van der Waals surface area contributed by atoms with Crippen molar-refractivity contribution in [3.63, 3.8) is 0 Å². The number of rotatable bonds is 4. The van der Waals surface area contributed by atoms with Crippen molar-refractivity contribution in [1.82, 2.24) is 10.3 Å². The summed E-state index contributed by atoms with van der Waals surface area (Å²) in [5.74, 6) is 0.264. The number of aromatic nitrogens is 1. The van der Waals surface area contributed by atoms with Gasteiger partial charge in [0.2, 0.25) is 0 Å². The van der Waals surface area contributed by atoms with Gasteiger partial charge < -0.3 is 5.32 Å².